The molecule has 1 atom stereocenters. The Labute approximate surface area is 153 Å². The van der Waals surface area contributed by atoms with E-state index >= 15 is 0 Å². The van der Waals surface area contributed by atoms with Gasteiger partial charge in [0.2, 0.25) is 0 Å². The molecule has 3 heterocycles. The Hall–Kier alpha value is -2.95. The summed E-state index contributed by atoms with van der Waals surface area (Å²) in [6, 6.07) is 14.1. The van der Waals surface area contributed by atoms with Gasteiger partial charge in [0.05, 0.1) is 11.7 Å². The molecule has 5 heteroatoms. The SMILES string of the molecule is Cc1ccc(-c2cc(C(=O)N3CCCCC3c3cccnc3)[nH]n2)cc1. The fraction of sp³-hybridized carbons (Fsp3) is 0.286. The van der Waals surface area contributed by atoms with Gasteiger partial charge in [-0.25, -0.2) is 0 Å². The number of pyridine rings is 1. The second kappa shape index (κ2) is 7.12. The topological polar surface area (TPSA) is 61.9 Å². The van der Waals surface area contributed by atoms with Crippen LogP contribution in [0.2, 0.25) is 0 Å². The molecule has 1 aromatic carbocycles. The fourth-order valence-electron chi connectivity index (χ4n) is 3.55. The van der Waals surface area contributed by atoms with Gasteiger partial charge in [0, 0.05) is 24.5 Å². The van der Waals surface area contributed by atoms with Crippen LogP contribution in [-0.4, -0.2) is 32.5 Å². The fourth-order valence-corrected chi connectivity index (χ4v) is 3.55. The number of H-pyrrole nitrogens is 1. The summed E-state index contributed by atoms with van der Waals surface area (Å²) < 4.78 is 0. The van der Waals surface area contributed by atoms with E-state index < -0.39 is 0 Å². The molecule has 0 radical (unpaired) electrons. The highest BCUT2D eigenvalue weighted by molar-refractivity contribution is 5.93. The van der Waals surface area contributed by atoms with Crippen LogP contribution < -0.4 is 0 Å². The number of hydrogen-bond acceptors (Lipinski definition) is 3. The number of piperidine rings is 1. The molecule has 0 spiro atoms. The summed E-state index contributed by atoms with van der Waals surface area (Å²) in [5.41, 5.74) is 4.64. The van der Waals surface area contributed by atoms with E-state index in [1.807, 2.05) is 41.4 Å². The van der Waals surface area contributed by atoms with Gasteiger partial charge in [0.15, 0.2) is 0 Å². The Balaban J connectivity index is 1.59. The minimum atomic E-state index is 0.00409. The number of likely N-dealkylation sites (tertiary alicyclic amines) is 1. The van der Waals surface area contributed by atoms with Gasteiger partial charge in [-0.3, -0.25) is 14.9 Å². The van der Waals surface area contributed by atoms with E-state index in [1.54, 1.807) is 6.20 Å². The van der Waals surface area contributed by atoms with Gasteiger partial charge in [-0.2, -0.15) is 5.10 Å². The van der Waals surface area contributed by atoms with Crippen LogP contribution in [-0.2, 0) is 0 Å². The zero-order valence-electron chi connectivity index (χ0n) is 14.9. The molecule has 1 N–H and O–H groups in total. The van der Waals surface area contributed by atoms with Crippen molar-refractivity contribution < 1.29 is 4.79 Å². The molecule has 1 saturated heterocycles. The molecule has 26 heavy (non-hydrogen) atoms. The number of rotatable bonds is 3. The van der Waals surface area contributed by atoms with Gasteiger partial charge in [0.25, 0.3) is 5.91 Å². The summed E-state index contributed by atoms with van der Waals surface area (Å²) in [7, 11) is 0. The summed E-state index contributed by atoms with van der Waals surface area (Å²) in [4.78, 5) is 19.3. The predicted molar refractivity (Wildman–Crippen MR) is 101 cm³/mol. The van der Waals surface area contributed by atoms with Crippen LogP contribution in [0.15, 0.2) is 54.9 Å². The predicted octanol–water partition coefficient (Wildman–Crippen LogP) is 4.15. The second-order valence-electron chi connectivity index (χ2n) is 6.83. The quantitative estimate of drug-likeness (QED) is 0.775. The van der Waals surface area contributed by atoms with E-state index in [4.69, 9.17) is 0 Å². The van der Waals surface area contributed by atoms with E-state index in [0.29, 0.717) is 5.69 Å². The maximum atomic E-state index is 13.1. The average Bonchev–Trinajstić information content (AvgIpc) is 3.19. The Morgan fingerprint density at radius 2 is 2.04 bits per heavy atom. The maximum Gasteiger partial charge on any atom is 0.272 e. The zero-order chi connectivity index (χ0) is 17.9. The molecular weight excluding hydrogens is 324 g/mol. The summed E-state index contributed by atoms with van der Waals surface area (Å²) >= 11 is 0. The summed E-state index contributed by atoms with van der Waals surface area (Å²) in [6.45, 7) is 2.81. The van der Waals surface area contributed by atoms with Crippen molar-refractivity contribution in [1.29, 1.82) is 0 Å². The summed E-state index contributed by atoms with van der Waals surface area (Å²) in [6.07, 6.45) is 6.75. The number of amides is 1. The number of nitrogens with zero attached hydrogens (tertiary/aromatic N) is 3. The Morgan fingerprint density at radius 1 is 1.19 bits per heavy atom. The Kier molecular flexibility index (Phi) is 4.52. The maximum absolute atomic E-state index is 13.1. The number of hydrogen-bond donors (Lipinski definition) is 1. The van der Waals surface area contributed by atoms with E-state index in [2.05, 4.69) is 34.2 Å². The molecule has 1 unspecified atom stereocenters. The summed E-state index contributed by atoms with van der Waals surface area (Å²) in [5.74, 6) is 0.00409. The third kappa shape index (κ3) is 3.25. The number of carbonyl (C=O) groups is 1. The molecule has 1 fully saturated rings. The molecule has 0 bridgehead atoms. The lowest BCUT2D eigenvalue weighted by molar-refractivity contribution is 0.0605. The lowest BCUT2D eigenvalue weighted by Crippen LogP contribution is -2.38. The molecule has 2 aromatic heterocycles. The van der Waals surface area contributed by atoms with Crippen LogP contribution >= 0.6 is 0 Å². The van der Waals surface area contributed by atoms with Gasteiger partial charge in [-0.15, -0.1) is 0 Å². The number of aromatic amines is 1. The molecule has 1 aliphatic heterocycles. The van der Waals surface area contributed by atoms with Gasteiger partial charge in [-0.1, -0.05) is 35.9 Å². The first kappa shape index (κ1) is 16.5. The third-order valence-electron chi connectivity index (χ3n) is 4.99. The van der Waals surface area contributed by atoms with Crippen molar-refractivity contribution in [3.05, 3.63) is 71.7 Å². The average molecular weight is 346 g/mol. The minimum Gasteiger partial charge on any atom is -0.330 e. The smallest absolute Gasteiger partial charge is 0.272 e. The van der Waals surface area contributed by atoms with Crippen molar-refractivity contribution in [2.24, 2.45) is 0 Å². The Bertz CT molecular complexity index is 886. The highest BCUT2D eigenvalue weighted by atomic mass is 16.2. The van der Waals surface area contributed by atoms with Crippen molar-refractivity contribution in [2.45, 2.75) is 32.2 Å². The number of aromatic nitrogens is 3. The van der Waals surface area contributed by atoms with E-state index in [0.717, 1.165) is 42.6 Å². The third-order valence-corrected chi connectivity index (χ3v) is 4.99. The molecule has 1 aliphatic rings. The van der Waals surface area contributed by atoms with E-state index in [-0.39, 0.29) is 11.9 Å². The standard InChI is InChI=1S/C21H22N4O/c1-15-7-9-16(10-8-15)18-13-19(24-23-18)21(26)25-12-3-2-6-20(25)17-5-4-11-22-14-17/h4-5,7-11,13-14,20H,2-3,6,12H2,1H3,(H,23,24). The van der Waals surface area contributed by atoms with E-state index in [1.165, 1.54) is 5.56 Å². The van der Waals surface area contributed by atoms with Crippen molar-refractivity contribution in [3.8, 4) is 11.3 Å². The monoisotopic (exact) mass is 346 g/mol. The highest BCUT2D eigenvalue weighted by Gasteiger charge is 2.29. The van der Waals surface area contributed by atoms with Crippen LogP contribution in [0.3, 0.4) is 0 Å². The van der Waals surface area contributed by atoms with Gasteiger partial charge in [0.1, 0.15) is 5.69 Å². The number of nitrogens with one attached hydrogen (secondary N) is 1. The largest absolute Gasteiger partial charge is 0.330 e. The normalized spacial score (nSPS) is 17.3. The molecule has 3 aromatic rings. The second-order valence-corrected chi connectivity index (χ2v) is 6.83. The first-order valence-electron chi connectivity index (χ1n) is 9.06. The first-order valence-corrected chi connectivity index (χ1v) is 9.06. The molecule has 1 amide bonds. The summed E-state index contributed by atoms with van der Waals surface area (Å²) in [5, 5.41) is 7.28. The molecule has 5 nitrogen and oxygen atoms in total. The van der Waals surface area contributed by atoms with Crippen molar-refractivity contribution in [1.82, 2.24) is 20.1 Å². The van der Waals surface area contributed by atoms with Crippen molar-refractivity contribution in [3.63, 3.8) is 0 Å². The molecule has 4 rings (SSSR count). The van der Waals surface area contributed by atoms with Crippen LogP contribution in [0.25, 0.3) is 11.3 Å². The van der Waals surface area contributed by atoms with Crippen LogP contribution in [0.1, 0.15) is 46.9 Å². The van der Waals surface area contributed by atoms with Crippen molar-refractivity contribution >= 4 is 5.91 Å². The minimum absolute atomic E-state index is 0.00409. The zero-order valence-corrected chi connectivity index (χ0v) is 14.9. The highest BCUT2D eigenvalue weighted by Crippen LogP contribution is 2.31. The van der Waals surface area contributed by atoms with Crippen LogP contribution in [0.4, 0.5) is 0 Å². The molecule has 0 saturated carbocycles. The number of aryl methyl sites for hydroxylation is 1. The lowest BCUT2D eigenvalue weighted by Gasteiger charge is -2.35. The lowest BCUT2D eigenvalue weighted by atomic mass is 9.96. The number of carbonyl (C=O) groups excluding carboxylic acids is 1. The van der Waals surface area contributed by atoms with Crippen molar-refractivity contribution in [2.75, 3.05) is 6.54 Å². The Morgan fingerprint density at radius 3 is 2.81 bits per heavy atom. The van der Waals surface area contributed by atoms with Crippen LogP contribution in [0, 0.1) is 6.92 Å². The molecule has 0 aliphatic carbocycles. The molecular formula is C21H22N4O. The van der Waals surface area contributed by atoms with E-state index in [9.17, 15) is 4.79 Å². The first-order chi connectivity index (χ1) is 12.7. The van der Waals surface area contributed by atoms with Crippen LogP contribution in [0.5, 0.6) is 0 Å². The van der Waals surface area contributed by atoms with Gasteiger partial charge >= 0.3 is 0 Å². The molecule has 132 valence electrons. The number of benzene rings is 1. The van der Waals surface area contributed by atoms with Gasteiger partial charge in [-0.05, 0) is 43.9 Å². The van der Waals surface area contributed by atoms with Gasteiger partial charge < -0.3 is 4.90 Å².